The average Bonchev–Trinajstić information content (AvgIpc) is 2.03. The summed E-state index contributed by atoms with van der Waals surface area (Å²) in [4.78, 5) is 0. The predicted octanol–water partition coefficient (Wildman–Crippen LogP) is 3.19. The Labute approximate surface area is 83.0 Å². The van der Waals surface area contributed by atoms with Crippen molar-refractivity contribution in [1.29, 1.82) is 0 Å². The summed E-state index contributed by atoms with van der Waals surface area (Å²) in [5.41, 5.74) is 1.46. The van der Waals surface area contributed by atoms with Crippen molar-refractivity contribution in [2.75, 3.05) is 0 Å². The lowest BCUT2D eigenvalue weighted by atomic mass is 10.0. The summed E-state index contributed by atoms with van der Waals surface area (Å²) in [6.45, 7) is 11.6. The summed E-state index contributed by atoms with van der Waals surface area (Å²) < 4.78 is 0. The molecule has 0 amide bonds. The molecule has 0 nitrogen and oxygen atoms in total. The molecule has 71 valence electrons. The minimum absolute atomic E-state index is 1.16. The van der Waals surface area contributed by atoms with Crippen molar-refractivity contribution < 1.29 is 0 Å². The largest absolute Gasteiger partial charge is 0.0779 e. The Hall–Kier alpha value is -0.563. The highest BCUT2D eigenvalue weighted by Gasteiger charge is 2.20. The topological polar surface area (TPSA) is 0 Å². The van der Waals surface area contributed by atoms with Crippen LogP contribution in [0.2, 0.25) is 19.6 Å². The highest BCUT2D eigenvalue weighted by molar-refractivity contribution is 6.89. The van der Waals surface area contributed by atoms with E-state index in [0.29, 0.717) is 0 Å². The summed E-state index contributed by atoms with van der Waals surface area (Å²) in [6, 6.07) is 8.81. The number of rotatable bonds is 2. The fraction of sp³-hybridized carbons (Fsp3) is 0.417. The van der Waals surface area contributed by atoms with Gasteiger partial charge in [0.15, 0.2) is 0 Å². The molecule has 0 aliphatic carbocycles. The van der Waals surface area contributed by atoms with Crippen molar-refractivity contribution in [1.82, 2.24) is 0 Å². The third-order valence-corrected chi connectivity index (χ3v) is 4.33. The minimum Gasteiger partial charge on any atom is -0.0656 e. The van der Waals surface area contributed by atoms with Crippen LogP contribution in [-0.2, 0) is 0 Å². The molecule has 0 heterocycles. The van der Waals surface area contributed by atoms with E-state index in [-0.39, 0.29) is 0 Å². The molecule has 0 N–H and O–H groups in total. The van der Waals surface area contributed by atoms with Gasteiger partial charge in [-0.2, -0.15) is 0 Å². The number of benzene rings is 1. The van der Waals surface area contributed by atoms with Crippen LogP contribution < -0.4 is 5.19 Å². The first kappa shape index (κ1) is 10.5. The fourth-order valence-electron chi connectivity index (χ4n) is 1.57. The molecule has 0 unspecified atom stereocenters. The molecule has 0 aromatic heterocycles. The molecule has 0 fully saturated rings. The van der Waals surface area contributed by atoms with Gasteiger partial charge in [0, 0.05) is 0 Å². The maximum absolute atomic E-state index is 2.40. The minimum atomic E-state index is -1.16. The monoisotopic (exact) mass is 191 g/mol. The lowest BCUT2D eigenvalue weighted by Crippen LogP contribution is -2.40. The zero-order valence-electron chi connectivity index (χ0n) is 9.31. The molecular formula is C12H19Si. The lowest BCUT2D eigenvalue weighted by Gasteiger charge is -2.22. The van der Waals surface area contributed by atoms with Gasteiger partial charge in [0.2, 0.25) is 0 Å². The Morgan fingerprint density at radius 3 is 1.92 bits per heavy atom. The smallest absolute Gasteiger partial charge is 0.0656 e. The second kappa shape index (κ2) is 3.67. The molecule has 1 radical (unpaired) electrons. The van der Waals surface area contributed by atoms with Crippen LogP contribution in [0.25, 0.3) is 0 Å². The lowest BCUT2D eigenvalue weighted by molar-refractivity contribution is 1.16. The molecule has 0 aliphatic heterocycles. The van der Waals surface area contributed by atoms with Crippen LogP contribution in [0.5, 0.6) is 0 Å². The van der Waals surface area contributed by atoms with Gasteiger partial charge in [0.05, 0.1) is 8.07 Å². The molecule has 0 saturated heterocycles. The van der Waals surface area contributed by atoms with Crippen LogP contribution in [0.4, 0.5) is 0 Å². The van der Waals surface area contributed by atoms with E-state index in [0.717, 1.165) is 0 Å². The SMILES string of the molecule is C[C](C)c1ccccc1[Si](C)(C)C. The molecule has 13 heavy (non-hydrogen) atoms. The van der Waals surface area contributed by atoms with Crippen molar-refractivity contribution in [3.8, 4) is 0 Å². The van der Waals surface area contributed by atoms with E-state index in [1.807, 2.05) is 0 Å². The standard InChI is InChI=1S/C12H19Si/c1-10(2)11-8-6-7-9-12(11)13(3,4)5/h6-9H,1-5H3. The Bertz CT molecular complexity index is 281. The summed E-state index contributed by atoms with van der Waals surface area (Å²) in [6.07, 6.45) is 0. The van der Waals surface area contributed by atoms with Crippen molar-refractivity contribution in [2.45, 2.75) is 33.5 Å². The quantitative estimate of drug-likeness (QED) is 0.630. The molecule has 1 aromatic rings. The van der Waals surface area contributed by atoms with E-state index in [1.54, 1.807) is 5.19 Å². The summed E-state index contributed by atoms with van der Waals surface area (Å²) >= 11 is 0. The average molecular weight is 191 g/mol. The molecule has 0 bridgehead atoms. The first-order valence-electron chi connectivity index (χ1n) is 4.83. The highest BCUT2D eigenvalue weighted by Crippen LogP contribution is 2.14. The van der Waals surface area contributed by atoms with E-state index in [1.165, 1.54) is 11.5 Å². The van der Waals surface area contributed by atoms with Crippen molar-refractivity contribution in [3.05, 3.63) is 35.7 Å². The fourth-order valence-corrected chi connectivity index (χ4v) is 3.31. The zero-order chi connectivity index (χ0) is 10.1. The van der Waals surface area contributed by atoms with Crippen molar-refractivity contribution in [3.63, 3.8) is 0 Å². The zero-order valence-corrected chi connectivity index (χ0v) is 10.3. The van der Waals surface area contributed by atoms with Crippen molar-refractivity contribution >= 4 is 13.3 Å². The maximum Gasteiger partial charge on any atom is 0.0779 e. The van der Waals surface area contributed by atoms with Gasteiger partial charge in [-0.15, -0.1) is 0 Å². The highest BCUT2D eigenvalue weighted by atomic mass is 28.3. The third-order valence-electron chi connectivity index (χ3n) is 2.27. The Morgan fingerprint density at radius 1 is 1.00 bits per heavy atom. The summed E-state index contributed by atoms with van der Waals surface area (Å²) in [5.74, 6) is 1.43. The summed E-state index contributed by atoms with van der Waals surface area (Å²) in [7, 11) is -1.16. The van der Waals surface area contributed by atoms with Gasteiger partial charge >= 0.3 is 0 Å². The van der Waals surface area contributed by atoms with Crippen LogP contribution >= 0.6 is 0 Å². The first-order chi connectivity index (χ1) is 5.93. The summed E-state index contributed by atoms with van der Waals surface area (Å²) in [5, 5.41) is 1.58. The van der Waals surface area contributed by atoms with Crippen LogP contribution in [-0.4, -0.2) is 8.07 Å². The second-order valence-electron chi connectivity index (χ2n) is 4.80. The molecule has 0 atom stereocenters. The van der Waals surface area contributed by atoms with E-state index >= 15 is 0 Å². The van der Waals surface area contributed by atoms with Crippen LogP contribution in [0.3, 0.4) is 0 Å². The molecule has 1 heteroatoms. The van der Waals surface area contributed by atoms with E-state index in [2.05, 4.69) is 57.8 Å². The van der Waals surface area contributed by atoms with Crippen LogP contribution in [0, 0.1) is 5.92 Å². The van der Waals surface area contributed by atoms with Gasteiger partial charge in [0.25, 0.3) is 0 Å². The van der Waals surface area contributed by atoms with Gasteiger partial charge in [-0.3, -0.25) is 0 Å². The normalized spacial score (nSPS) is 12.2. The van der Waals surface area contributed by atoms with Gasteiger partial charge in [-0.25, -0.2) is 0 Å². The first-order valence-corrected chi connectivity index (χ1v) is 8.33. The van der Waals surface area contributed by atoms with Crippen LogP contribution in [0.15, 0.2) is 24.3 Å². The van der Waals surface area contributed by atoms with Crippen LogP contribution in [0.1, 0.15) is 19.4 Å². The molecule has 1 rings (SSSR count). The Balaban J connectivity index is 3.20. The third kappa shape index (κ3) is 2.44. The van der Waals surface area contributed by atoms with E-state index in [9.17, 15) is 0 Å². The number of hydrogen-bond donors (Lipinski definition) is 0. The molecule has 0 saturated carbocycles. The van der Waals surface area contributed by atoms with Gasteiger partial charge < -0.3 is 0 Å². The molecular weight excluding hydrogens is 172 g/mol. The maximum atomic E-state index is 2.40. The predicted molar refractivity (Wildman–Crippen MR) is 63.1 cm³/mol. The molecule has 0 spiro atoms. The van der Waals surface area contributed by atoms with E-state index < -0.39 is 8.07 Å². The van der Waals surface area contributed by atoms with Gasteiger partial charge in [-0.05, 0) is 11.5 Å². The Morgan fingerprint density at radius 2 is 1.54 bits per heavy atom. The second-order valence-corrected chi connectivity index (χ2v) is 9.83. The number of hydrogen-bond acceptors (Lipinski definition) is 0. The van der Waals surface area contributed by atoms with Gasteiger partial charge in [-0.1, -0.05) is 62.9 Å². The Kier molecular flexibility index (Phi) is 2.97. The van der Waals surface area contributed by atoms with E-state index in [4.69, 9.17) is 0 Å². The molecule has 0 aliphatic rings. The van der Waals surface area contributed by atoms with Gasteiger partial charge in [0.1, 0.15) is 0 Å². The molecule has 1 aromatic carbocycles. The van der Waals surface area contributed by atoms with Crippen molar-refractivity contribution in [2.24, 2.45) is 0 Å².